The number of amides is 1. The summed E-state index contributed by atoms with van der Waals surface area (Å²) in [6, 6.07) is 14.3. The number of carbonyl (C=O) groups excluding carboxylic acids is 1. The lowest BCUT2D eigenvalue weighted by atomic mass is 10.0. The molecule has 3 fully saturated rings. The van der Waals surface area contributed by atoms with Crippen molar-refractivity contribution in [3.8, 4) is 5.75 Å². The SMILES string of the molecule is COc1ccc(S(=O)(=O)N(C[C@@H](O)[C@H](Cc2ccccc2)NC(=O)OC2CO[C@H]3OCC[C@@H]23)OC2CCOCC2)cc1. The van der Waals surface area contributed by atoms with Crippen LogP contribution in [0, 0.1) is 5.92 Å². The van der Waals surface area contributed by atoms with Crippen molar-refractivity contribution in [3.63, 3.8) is 0 Å². The first-order valence-electron chi connectivity index (χ1n) is 14.2. The Balaban J connectivity index is 1.34. The molecule has 3 aliphatic rings. The van der Waals surface area contributed by atoms with Crippen LogP contribution in [-0.2, 0) is 40.2 Å². The van der Waals surface area contributed by atoms with E-state index in [9.17, 15) is 18.3 Å². The molecule has 42 heavy (non-hydrogen) atoms. The number of sulfonamides is 1. The van der Waals surface area contributed by atoms with E-state index >= 15 is 0 Å². The molecule has 3 aliphatic heterocycles. The number of aliphatic hydroxyl groups is 1. The summed E-state index contributed by atoms with van der Waals surface area (Å²) in [5, 5.41) is 14.2. The van der Waals surface area contributed by atoms with E-state index in [1.54, 1.807) is 12.1 Å². The highest BCUT2D eigenvalue weighted by atomic mass is 32.2. The molecule has 0 bridgehead atoms. The number of hydrogen-bond acceptors (Lipinski definition) is 10. The van der Waals surface area contributed by atoms with Crippen LogP contribution >= 0.6 is 0 Å². The third-order valence-electron chi connectivity index (χ3n) is 7.71. The maximum absolute atomic E-state index is 13.8. The fraction of sp³-hybridized carbons (Fsp3) is 0.552. The highest BCUT2D eigenvalue weighted by Gasteiger charge is 2.44. The van der Waals surface area contributed by atoms with Crippen LogP contribution in [0.3, 0.4) is 0 Å². The first kappa shape index (κ1) is 30.7. The van der Waals surface area contributed by atoms with Crippen molar-refractivity contribution >= 4 is 16.1 Å². The molecule has 3 heterocycles. The zero-order valence-electron chi connectivity index (χ0n) is 23.5. The first-order valence-corrected chi connectivity index (χ1v) is 15.6. The number of carbonyl (C=O) groups is 1. The molecule has 0 saturated carbocycles. The van der Waals surface area contributed by atoms with E-state index in [4.69, 9.17) is 28.5 Å². The van der Waals surface area contributed by atoms with Crippen molar-refractivity contribution in [2.75, 3.05) is 40.1 Å². The molecule has 0 aliphatic carbocycles. The molecule has 13 heteroatoms. The van der Waals surface area contributed by atoms with Crippen molar-refractivity contribution in [2.24, 2.45) is 5.92 Å². The summed E-state index contributed by atoms with van der Waals surface area (Å²) in [5.41, 5.74) is 0.838. The molecule has 5 rings (SSSR count). The van der Waals surface area contributed by atoms with Crippen LogP contribution in [0.2, 0.25) is 0 Å². The van der Waals surface area contributed by atoms with Gasteiger partial charge in [-0.1, -0.05) is 34.8 Å². The topological polar surface area (TPSA) is 142 Å². The number of benzene rings is 2. The summed E-state index contributed by atoms with van der Waals surface area (Å²) in [6.07, 6.45) is -1.42. The van der Waals surface area contributed by atoms with Crippen LogP contribution in [0.1, 0.15) is 24.8 Å². The van der Waals surface area contributed by atoms with Gasteiger partial charge in [-0.25, -0.2) is 13.2 Å². The van der Waals surface area contributed by atoms with Gasteiger partial charge >= 0.3 is 6.09 Å². The van der Waals surface area contributed by atoms with Crippen LogP contribution in [0.4, 0.5) is 4.79 Å². The monoisotopic (exact) mass is 606 g/mol. The quantitative estimate of drug-likeness (QED) is 0.346. The summed E-state index contributed by atoms with van der Waals surface area (Å²) in [5.74, 6) is 0.450. The molecule has 0 aromatic heterocycles. The van der Waals surface area contributed by atoms with Gasteiger partial charge in [0.1, 0.15) is 11.9 Å². The number of fused-ring (bicyclic) bond motifs is 1. The third-order valence-corrected chi connectivity index (χ3v) is 9.35. The Bertz CT molecular complexity index is 1260. The Morgan fingerprint density at radius 1 is 1.05 bits per heavy atom. The Morgan fingerprint density at radius 3 is 2.50 bits per heavy atom. The molecule has 3 saturated heterocycles. The van der Waals surface area contributed by atoms with E-state index in [1.165, 1.54) is 19.2 Å². The van der Waals surface area contributed by atoms with Crippen molar-refractivity contribution in [1.82, 2.24) is 9.79 Å². The zero-order chi connectivity index (χ0) is 29.5. The minimum Gasteiger partial charge on any atom is -0.497 e. The fourth-order valence-corrected chi connectivity index (χ4v) is 6.61. The normalized spacial score (nSPS) is 24.2. The molecule has 230 valence electrons. The van der Waals surface area contributed by atoms with E-state index in [2.05, 4.69) is 5.32 Å². The standard InChI is InChI=1S/C29H38N2O10S/c1-36-21-7-9-23(10-8-21)42(34,35)31(41-22-11-14-37-15-12-22)18-26(32)25(17-20-5-3-2-4-6-20)30-29(33)40-27-19-39-28-24(27)13-16-38-28/h2-10,22,24-28,32H,11-19H2,1H3,(H,30,33)/t24-,25-,26+,27?,28+/m0/s1. The summed E-state index contributed by atoms with van der Waals surface area (Å²) in [6.45, 7) is 1.20. The number of alkyl carbamates (subject to hydrolysis) is 1. The van der Waals surface area contributed by atoms with Gasteiger partial charge in [0.15, 0.2) is 6.29 Å². The van der Waals surface area contributed by atoms with Crippen molar-refractivity contribution in [3.05, 3.63) is 60.2 Å². The van der Waals surface area contributed by atoms with Gasteiger partial charge in [-0.2, -0.15) is 0 Å². The van der Waals surface area contributed by atoms with Gasteiger partial charge in [-0.3, -0.25) is 4.84 Å². The van der Waals surface area contributed by atoms with Gasteiger partial charge in [0, 0.05) is 13.2 Å². The number of rotatable bonds is 12. The Morgan fingerprint density at radius 2 is 1.79 bits per heavy atom. The molecule has 0 radical (unpaired) electrons. The van der Waals surface area contributed by atoms with Crippen LogP contribution in [0.5, 0.6) is 5.75 Å². The lowest BCUT2D eigenvalue weighted by Crippen LogP contribution is -2.52. The highest BCUT2D eigenvalue weighted by molar-refractivity contribution is 7.89. The van der Waals surface area contributed by atoms with E-state index in [0.29, 0.717) is 38.4 Å². The highest BCUT2D eigenvalue weighted by Crippen LogP contribution is 2.33. The average Bonchev–Trinajstić information content (AvgIpc) is 3.63. The summed E-state index contributed by atoms with van der Waals surface area (Å²) < 4.78 is 55.7. The number of methoxy groups -OCH3 is 1. The maximum atomic E-state index is 13.8. The molecule has 1 unspecified atom stereocenters. The molecule has 1 amide bonds. The Kier molecular flexibility index (Phi) is 10.3. The number of ether oxygens (including phenoxy) is 5. The van der Waals surface area contributed by atoms with Crippen molar-refractivity contribution in [1.29, 1.82) is 0 Å². The van der Waals surface area contributed by atoms with Crippen LogP contribution < -0.4 is 10.1 Å². The van der Waals surface area contributed by atoms with Gasteiger partial charge in [0.25, 0.3) is 10.0 Å². The molecular formula is C29H38N2O10S. The van der Waals surface area contributed by atoms with E-state index < -0.39 is 47.0 Å². The number of hydrogen-bond donors (Lipinski definition) is 2. The molecule has 2 aromatic rings. The van der Waals surface area contributed by atoms with E-state index in [1.807, 2.05) is 30.3 Å². The van der Waals surface area contributed by atoms with Crippen LogP contribution in [0.25, 0.3) is 0 Å². The van der Waals surface area contributed by atoms with Gasteiger partial charge < -0.3 is 34.1 Å². The van der Waals surface area contributed by atoms with Crippen LogP contribution in [-0.4, -0.2) is 94.8 Å². The second-order valence-electron chi connectivity index (χ2n) is 10.6. The second kappa shape index (κ2) is 14.1. The Hall–Kier alpha value is -2.78. The largest absolute Gasteiger partial charge is 0.497 e. The van der Waals surface area contributed by atoms with E-state index in [-0.39, 0.29) is 30.1 Å². The zero-order valence-corrected chi connectivity index (χ0v) is 24.3. The third kappa shape index (κ3) is 7.59. The van der Waals surface area contributed by atoms with Gasteiger partial charge in [0.2, 0.25) is 0 Å². The van der Waals surface area contributed by atoms with Gasteiger partial charge in [-0.05, 0) is 55.5 Å². The number of aliphatic hydroxyl groups excluding tert-OH is 1. The molecule has 2 N–H and O–H groups in total. The van der Waals surface area contributed by atoms with E-state index in [0.717, 1.165) is 16.5 Å². The summed E-state index contributed by atoms with van der Waals surface area (Å²) >= 11 is 0. The predicted octanol–water partition coefficient (Wildman–Crippen LogP) is 2.26. The Labute approximate surface area is 245 Å². The smallest absolute Gasteiger partial charge is 0.407 e. The number of nitrogens with one attached hydrogen (secondary N) is 1. The minimum atomic E-state index is -4.20. The molecular weight excluding hydrogens is 568 g/mol. The van der Waals surface area contributed by atoms with Crippen molar-refractivity contribution in [2.45, 2.75) is 61.2 Å². The second-order valence-corrected chi connectivity index (χ2v) is 12.4. The lowest BCUT2D eigenvalue weighted by molar-refractivity contribution is -0.170. The first-order chi connectivity index (χ1) is 20.3. The lowest BCUT2D eigenvalue weighted by Gasteiger charge is -2.32. The number of hydroxylamine groups is 1. The molecule has 5 atom stereocenters. The molecule has 0 spiro atoms. The molecule has 2 aromatic carbocycles. The maximum Gasteiger partial charge on any atom is 0.407 e. The average molecular weight is 607 g/mol. The minimum absolute atomic E-state index is 0.0240. The van der Waals surface area contributed by atoms with Gasteiger partial charge in [0.05, 0.1) is 55.9 Å². The summed E-state index contributed by atoms with van der Waals surface area (Å²) in [7, 11) is -2.71. The fourth-order valence-electron chi connectivity index (χ4n) is 5.31. The summed E-state index contributed by atoms with van der Waals surface area (Å²) in [4.78, 5) is 19.0. The van der Waals surface area contributed by atoms with Crippen molar-refractivity contribution < 1.29 is 46.8 Å². The van der Waals surface area contributed by atoms with Gasteiger partial charge in [-0.15, -0.1) is 0 Å². The predicted molar refractivity (Wildman–Crippen MR) is 149 cm³/mol. The van der Waals surface area contributed by atoms with Crippen LogP contribution in [0.15, 0.2) is 59.5 Å². The number of nitrogens with zero attached hydrogens (tertiary/aromatic N) is 1. The molecule has 12 nitrogen and oxygen atoms in total.